The normalized spacial score (nSPS) is 17.5. The monoisotopic (exact) mass is 618 g/mol. The number of hydrogen-bond acceptors (Lipinski definition) is 2. The van der Waals surface area contributed by atoms with Gasteiger partial charge in [-0.15, -0.1) is 5.73 Å². The SMILES string of the molecule is C[C@H]1Cc2ccccc2C=C1N(c1ccccc1)C1C=CC(c2ccc(N(c3ccccc3)c3ccc4c(c3)C=C=CC=C4)cc2)=CC1. The van der Waals surface area contributed by atoms with E-state index in [2.05, 4.69) is 186 Å². The van der Waals surface area contributed by atoms with E-state index in [-0.39, 0.29) is 6.04 Å². The van der Waals surface area contributed by atoms with Gasteiger partial charge < -0.3 is 9.80 Å². The molecular formula is C46H38N2. The molecule has 0 aromatic heterocycles. The van der Waals surface area contributed by atoms with Crippen LogP contribution in [0.5, 0.6) is 0 Å². The van der Waals surface area contributed by atoms with Crippen LogP contribution in [0.25, 0.3) is 23.8 Å². The number of para-hydroxylation sites is 2. The highest BCUT2D eigenvalue weighted by Gasteiger charge is 2.28. The van der Waals surface area contributed by atoms with Crippen molar-refractivity contribution in [3.8, 4) is 0 Å². The first-order valence-electron chi connectivity index (χ1n) is 16.9. The van der Waals surface area contributed by atoms with Gasteiger partial charge in [-0.2, -0.15) is 0 Å². The zero-order chi connectivity index (χ0) is 32.3. The minimum atomic E-state index is 0.245. The summed E-state index contributed by atoms with van der Waals surface area (Å²) in [6, 6.07) is 46.2. The molecule has 3 aliphatic rings. The summed E-state index contributed by atoms with van der Waals surface area (Å²) in [5.41, 5.74) is 16.9. The quantitative estimate of drug-likeness (QED) is 0.167. The van der Waals surface area contributed by atoms with Crippen LogP contribution >= 0.6 is 0 Å². The molecule has 0 spiro atoms. The Balaban J connectivity index is 1.08. The lowest BCUT2D eigenvalue weighted by atomic mass is 9.86. The summed E-state index contributed by atoms with van der Waals surface area (Å²) in [6.45, 7) is 2.36. The Morgan fingerprint density at radius 2 is 1.35 bits per heavy atom. The molecule has 0 radical (unpaired) electrons. The molecule has 0 N–H and O–H groups in total. The van der Waals surface area contributed by atoms with E-state index >= 15 is 0 Å². The van der Waals surface area contributed by atoms with Crippen LogP contribution in [0, 0.1) is 5.92 Å². The fourth-order valence-electron chi connectivity index (χ4n) is 7.19. The number of rotatable bonds is 7. The van der Waals surface area contributed by atoms with E-state index in [0.29, 0.717) is 5.92 Å². The van der Waals surface area contributed by atoms with Crippen LogP contribution in [0.2, 0.25) is 0 Å². The van der Waals surface area contributed by atoms with Gasteiger partial charge in [-0.25, -0.2) is 0 Å². The zero-order valence-electron chi connectivity index (χ0n) is 27.2. The minimum absolute atomic E-state index is 0.245. The summed E-state index contributed by atoms with van der Waals surface area (Å²) < 4.78 is 0. The zero-order valence-corrected chi connectivity index (χ0v) is 27.2. The van der Waals surface area contributed by atoms with Crippen molar-refractivity contribution in [1.29, 1.82) is 0 Å². The molecule has 1 unspecified atom stereocenters. The van der Waals surface area contributed by atoms with Crippen LogP contribution < -0.4 is 9.80 Å². The molecule has 2 heteroatoms. The van der Waals surface area contributed by atoms with Gasteiger partial charge in [0, 0.05) is 34.4 Å². The molecule has 0 amide bonds. The third kappa shape index (κ3) is 5.91. The van der Waals surface area contributed by atoms with Crippen molar-refractivity contribution in [1.82, 2.24) is 0 Å². The molecule has 2 nitrogen and oxygen atoms in total. The number of hydrogen-bond donors (Lipinski definition) is 0. The van der Waals surface area contributed by atoms with E-state index in [1.165, 1.54) is 39.2 Å². The maximum absolute atomic E-state index is 3.26. The number of fused-ring (bicyclic) bond motifs is 2. The van der Waals surface area contributed by atoms with Crippen molar-refractivity contribution in [3.05, 3.63) is 197 Å². The molecule has 232 valence electrons. The van der Waals surface area contributed by atoms with Crippen molar-refractivity contribution < 1.29 is 0 Å². The summed E-state index contributed by atoms with van der Waals surface area (Å²) in [6.07, 6.45) is 19.7. The maximum Gasteiger partial charge on any atom is 0.0557 e. The van der Waals surface area contributed by atoms with Crippen molar-refractivity contribution in [2.75, 3.05) is 9.80 Å². The van der Waals surface area contributed by atoms with E-state index in [1.807, 2.05) is 12.2 Å². The first-order chi connectivity index (χ1) is 23.7. The smallest absolute Gasteiger partial charge is 0.0557 e. The average Bonchev–Trinajstić information content (AvgIpc) is 3.39. The largest absolute Gasteiger partial charge is 0.338 e. The predicted octanol–water partition coefficient (Wildman–Crippen LogP) is 11.8. The first-order valence-corrected chi connectivity index (χ1v) is 16.9. The van der Waals surface area contributed by atoms with Crippen LogP contribution in [-0.4, -0.2) is 6.04 Å². The lowest BCUT2D eigenvalue weighted by Crippen LogP contribution is -2.37. The fraction of sp³-hybridized carbons (Fsp3) is 0.109. The van der Waals surface area contributed by atoms with Crippen LogP contribution in [0.15, 0.2) is 169 Å². The van der Waals surface area contributed by atoms with Crippen LogP contribution in [0.3, 0.4) is 0 Å². The molecule has 0 fully saturated rings. The predicted molar refractivity (Wildman–Crippen MR) is 204 cm³/mol. The van der Waals surface area contributed by atoms with E-state index in [0.717, 1.165) is 35.5 Å². The Morgan fingerprint density at radius 1 is 0.646 bits per heavy atom. The molecule has 48 heavy (non-hydrogen) atoms. The minimum Gasteiger partial charge on any atom is -0.338 e. The molecule has 8 rings (SSSR count). The van der Waals surface area contributed by atoms with Gasteiger partial charge in [-0.3, -0.25) is 0 Å². The summed E-state index contributed by atoms with van der Waals surface area (Å²) in [7, 11) is 0. The summed E-state index contributed by atoms with van der Waals surface area (Å²) >= 11 is 0. The molecule has 0 aliphatic heterocycles. The van der Waals surface area contributed by atoms with Gasteiger partial charge in [0.15, 0.2) is 0 Å². The third-order valence-corrected chi connectivity index (χ3v) is 9.62. The van der Waals surface area contributed by atoms with E-state index < -0.39 is 0 Å². The Kier molecular flexibility index (Phi) is 8.08. The topological polar surface area (TPSA) is 6.48 Å². The maximum atomic E-state index is 3.26. The molecule has 2 atom stereocenters. The van der Waals surface area contributed by atoms with Crippen molar-refractivity contribution in [2.24, 2.45) is 5.92 Å². The van der Waals surface area contributed by atoms with Crippen molar-refractivity contribution in [2.45, 2.75) is 25.8 Å². The van der Waals surface area contributed by atoms with Gasteiger partial charge in [-0.05, 0) is 113 Å². The first kappa shape index (κ1) is 29.6. The molecule has 0 saturated heterocycles. The van der Waals surface area contributed by atoms with E-state index in [4.69, 9.17) is 0 Å². The highest BCUT2D eigenvalue weighted by Crippen LogP contribution is 2.39. The molecule has 0 bridgehead atoms. The van der Waals surface area contributed by atoms with Crippen molar-refractivity contribution in [3.63, 3.8) is 0 Å². The molecule has 0 saturated carbocycles. The number of nitrogens with zero attached hydrogens (tertiary/aromatic N) is 2. The van der Waals surface area contributed by atoms with E-state index in [9.17, 15) is 0 Å². The Bertz CT molecular complexity index is 2120. The summed E-state index contributed by atoms with van der Waals surface area (Å²) in [4.78, 5) is 4.89. The Morgan fingerprint density at radius 3 is 2.12 bits per heavy atom. The fourth-order valence-corrected chi connectivity index (χ4v) is 7.19. The molecule has 5 aromatic carbocycles. The van der Waals surface area contributed by atoms with Gasteiger partial charge in [0.2, 0.25) is 0 Å². The standard InChI is InChI=1S/C46H38N2/c1-34-31-38-15-11-12-16-40(38)33-46(34)48(42-19-9-4-10-20-42)44-28-23-37(24-29-44)36-21-26-43(27-22-36)47(41-17-7-3-8-18-41)45-30-25-35-13-5-2-6-14-39(35)32-45/h2-5,7-28,30,32-34,44H,29,31H2,1H3/t34-,44?/m0/s1. The number of anilines is 4. The van der Waals surface area contributed by atoms with Crippen molar-refractivity contribution >= 4 is 46.6 Å². The average molecular weight is 619 g/mol. The molecular weight excluding hydrogens is 581 g/mol. The van der Waals surface area contributed by atoms with Gasteiger partial charge in [0.1, 0.15) is 0 Å². The summed E-state index contributed by atoms with van der Waals surface area (Å²) in [5, 5.41) is 0. The summed E-state index contributed by atoms with van der Waals surface area (Å²) in [5.74, 6) is 0.433. The van der Waals surface area contributed by atoms with Gasteiger partial charge in [0.05, 0.1) is 6.04 Å². The molecule has 3 aliphatic carbocycles. The highest BCUT2D eigenvalue weighted by molar-refractivity contribution is 5.82. The van der Waals surface area contributed by atoms with Gasteiger partial charge in [-0.1, -0.05) is 116 Å². The second kappa shape index (κ2) is 13.1. The second-order valence-corrected chi connectivity index (χ2v) is 12.8. The second-order valence-electron chi connectivity index (χ2n) is 12.8. The number of benzene rings is 5. The number of allylic oxidation sites excluding steroid dienone is 5. The van der Waals surface area contributed by atoms with Crippen LogP contribution in [0.1, 0.15) is 41.2 Å². The Labute approximate surface area is 284 Å². The van der Waals surface area contributed by atoms with Gasteiger partial charge >= 0.3 is 0 Å². The van der Waals surface area contributed by atoms with E-state index in [1.54, 1.807) is 0 Å². The lowest BCUT2D eigenvalue weighted by molar-refractivity contribution is 0.608. The molecule has 5 aromatic rings. The third-order valence-electron chi connectivity index (χ3n) is 9.62. The van der Waals surface area contributed by atoms with Crippen LogP contribution in [0.4, 0.5) is 22.7 Å². The van der Waals surface area contributed by atoms with Gasteiger partial charge in [0.25, 0.3) is 0 Å². The van der Waals surface area contributed by atoms with Crippen LogP contribution in [-0.2, 0) is 6.42 Å². The molecule has 0 heterocycles. The lowest BCUT2D eigenvalue weighted by Gasteiger charge is -2.39. The highest BCUT2D eigenvalue weighted by atomic mass is 15.2. The Hall–Kier alpha value is -5.82.